The molecule has 6 nitrogen and oxygen atoms in total. The normalized spacial score (nSPS) is 10.7. The number of aromatic nitrogens is 2. The number of thioether (sulfide) groups is 1. The van der Waals surface area contributed by atoms with Crippen LogP contribution in [0, 0.1) is 0 Å². The van der Waals surface area contributed by atoms with E-state index >= 15 is 0 Å². The Hall–Kier alpha value is -3.10. The fraction of sp³-hybridized carbons (Fsp3) is 0.136. The molecule has 4 aromatic rings. The molecule has 0 saturated carbocycles. The predicted molar refractivity (Wildman–Crippen MR) is 122 cm³/mol. The minimum atomic E-state index is -0.132. The van der Waals surface area contributed by atoms with Crippen LogP contribution in [0.5, 0.6) is 11.5 Å². The molecule has 0 saturated heterocycles. The molecule has 0 atom stereocenters. The molecule has 0 aliphatic carbocycles. The summed E-state index contributed by atoms with van der Waals surface area (Å²) in [4.78, 5) is 22.9. The van der Waals surface area contributed by atoms with E-state index < -0.39 is 0 Å². The number of ether oxygens (including phenoxy) is 2. The van der Waals surface area contributed by atoms with Crippen molar-refractivity contribution < 1.29 is 14.3 Å². The average Bonchev–Trinajstić information content (AvgIpc) is 3.32. The Kier molecular flexibility index (Phi) is 6.15. The van der Waals surface area contributed by atoms with Gasteiger partial charge in [0.25, 0.3) is 0 Å². The number of para-hydroxylation sites is 1. The molecule has 152 valence electrons. The molecule has 0 spiro atoms. The number of methoxy groups -OCH3 is 2. The highest BCUT2D eigenvalue weighted by atomic mass is 32.2. The third-order valence-corrected chi connectivity index (χ3v) is 6.17. The van der Waals surface area contributed by atoms with Gasteiger partial charge in [-0.15, -0.1) is 11.3 Å². The predicted octanol–water partition coefficient (Wildman–Crippen LogP) is 5.11. The summed E-state index contributed by atoms with van der Waals surface area (Å²) >= 11 is 2.98. The minimum Gasteiger partial charge on any atom is -0.493 e. The Balaban J connectivity index is 1.52. The first-order valence-electron chi connectivity index (χ1n) is 9.13. The molecule has 0 aliphatic heterocycles. The SMILES string of the molecule is COc1ccc(NC(=O)CSc2nc(-c3cccs3)nc3ccccc23)cc1OC. The number of carbonyl (C=O) groups is 1. The minimum absolute atomic E-state index is 0.132. The molecule has 1 amide bonds. The van der Waals surface area contributed by atoms with Gasteiger partial charge in [-0.05, 0) is 29.6 Å². The first-order chi connectivity index (χ1) is 14.7. The van der Waals surface area contributed by atoms with E-state index in [4.69, 9.17) is 14.5 Å². The number of benzene rings is 2. The molecule has 4 rings (SSSR count). The van der Waals surface area contributed by atoms with E-state index in [-0.39, 0.29) is 11.7 Å². The van der Waals surface area contributed by atoms with Crippen LogP contribution < -0.4 is 14.8 Å². The van der Waals surface area contributed by atoms with Crippen molar-refractivity contribution in [2.45, 2.75) is 5.03 Å². The van der Waals surface area contributed by atoms with Crippen molar-refractivity contribution in [1.29, 1.82) is 0 Å². The van der Waals surface area contributed by atoms with Crippen LogP contribution >= 0.6 is 23.1 Å². The molecule has 2 heterocycles. The van der Waals surface area contributed by atoms with Gasteiger partial charge >= 0.3 is 0 Å². The number of fused-ring (bicyclic) bond motifs is 1. The Morgan fingerprint density at radius 2 is 1.87 bits per heavy atom. The summed E-state index contributed by atoms with van der Waals surface area (Å²) in [7, 11) is 3.13. The highest BCUT2D eigenvalue weighted by Crippen LogP contribution is 2.31. The fourth-order valence-corrected chi connectivity index (χ4v) is 4.40. The van der Waals surface area contributed by atoms with E-state index in [9.17, 15) is 4.79 Å². The largest absolute Gasteiger partial charge is 0.493 e. The highest BCUT2D eigenvalue weighted by Gasteiger charge is 2.13. The summed E-state index contributed by atoms with van der Waals surface area (Å²) < 4.78 is 10.5. The number of hydrogen-bond acceptors (Lipinski definition) is 7. The van der Waals surface area contributed by atoms with Crippen LogP contribution in [0.3, 0.4) is 0 Å². The number of hydrogen-bond donors (Lipinski definition) is 1. The Morgan fingerprint density at radius 1 is 1.03 bits per heavy atom. The van der Waals surface area contributed by atoms with Gasteiger partial charge in [0.05, 0.1) is 30.4 Å². The molecule has 0 fully saturated rings. The molecule has 2 aromatic carbocycles. The van der Waals surface area contributed by atoms with Crippen molar-refractivity contribution in [2.75, 3.05) is 25.3 Å². The van der Waals surface area contributed by atoms with Gasteiger partial charge in [0.15, 0.2) is 17.3 Å². The van der Waals surface area contributed by atoms with Crippen LogP contribution in [-0.4, -0.2) is 35.8 Å². The lowest BCUT2D eigenvalue weighted by Crippen LogP contribution is -2.14. The summed E-state index contributed by atoms with van der Waals surface area (Å²) in [5.41, 5.74) is 1.50. The van der Waals surface area contributed by atoms with Gasteiger partial charge in [0, 0.05) is 17.1 Å². The van der Waals surface area contributed by atoms with E-state index in [0.29, 0.717) is 23.0 Å². The van der Waals surface area contributed by atoms with Crippen LogP contribution in [0.25, 0.3) is 21.6 Å². The quantitative estimate of drug-likeness (QED) is 0.320. The van der Waals surface area contributed by atoms with Crippen LogP contribution in [0.4, 0.5) is 5.69 Å². The zero-order valence-corrected chi connectivity index (χ0v) is 18.0. The monoisotopic (exact) mass is 437 g/mol. The molecule has 30 heavy (non-hydrogen) atoms. The van der Waals surface area contributed by atoms with Crippen LogP contribution in [0.1, 0.15) is 0 Å². The second kappa shape index (κ2) is 9.15. The summed E-state index contributed by atoms with van der Waals surface area (Å²) in [5.74, 6) is 1.93. The molecule has 0 bridgehead atoms. The van der Waals surface area contributed by atoms with Gasteiger partial charge in [-0.2, -0.15) is 0 Å². The lowest BCUT2D eigenvalue weighted by atomic mass is 10.2. The molecule has 0 aliphatic rings. The number of carbonyl (C=O) groups excluding carboxylic acids is 1. The lowest BCUT2D eigenvalue weighted by Gasteiger charge is -2.11. The zero-order valence-electron chi connectivity index (χ0n) is 16.4. The topological polar surface area (TPSA) is 73.3 Å². The molecule has 1 N–H and O–H groups in total. The summed E-state index contributed by atoms with van der Waals surface area (Å²) in [6.45, 7) is 0. The Morgan fingerprint density at radius 3 is 2.63 bits per heavy atom. The second-order valence-corrected chi connectivity index (χ2v) is 8.17. The number of thiophene rings is 1. The van der Waals surface area contributed by atoms with E-state index in [1.54, 1.807) is 43.8 Å². The molecule has 2 aromatic heterocycles. The number of rotatable bonds is 7. The summed E-state index contributed by atoms with van der Waals surface area (Å²) in [6, 6.07) is 17.1. The number of nitrogens with zero attached hydrogens (tertiary/aromatic N) is 2. The van der Waals surface area contributed by atoms with Crippen molar-refractivity contribution in [1.82, 2.24) is 9.97 Å². The Labute approximate surface area is 182 Å². The third-order valence-electron chi connectivity index (χ3n) is 4.32. The average molecular weight is 438 g/mol. The zero-order chi connectivity index (χ0) is 20.9. The fourth-order valence-electron chi connectivity index (χ4n) is 2.92. The van der Waals surface area contributed by atoms with E-state index in [2.05, 4.69) is 10.3 Å². The van der Waals surface area contributed by atoms with Crippen molar-refractivity contribution >= 4 is 45.6 Å². The van der Waals surface area contributed by atoms with Crippen LogP contribution in [0.15, 0.2) is 65.0 Å². The lowest BCUT2D eigenvalue weighted by molar-refractivity contribution is -0.113. The van der Waals surface area contributed by atoms with Gasteiger partial charge in [-0.1, -0.05) is 36.0 Å². The standard InChI is InChI=1S/C22H19N3O3S2/c1-27-17-10-9-14(12-18(17)28-2)23-20(26)13-30-22-15-6-3-4-7-16(15)24-21(25-22)19-8-5-11-29-19/h3-12H,13H2,1-2H3,(H,23,26). The van der Waals surface area contributed by atoms with E-state index in [1.165, 1.54) is 11.8 Å². The molecule has 0 unspecified atom stereocenters. The van der Waals surface area contributed by atoms with Crippen LogP contribution in [-0.2, 0) is 4.79 Å². The maximum atomic E-state index is 12.5. The van der Waals surface area contributed by atoms with E-state index in [0.717, 1.165) is 20.8 Å². The van der Waals surface area contributed by atoms with Crippen molar-refractivity contribution in [3.05, 3.63) is 60.0 Å². The maximum Gasteiger partial charge on any atom is 0.234 e. The first-order valence-corrected chi connectivity index (χ1v) is 11.0. The van der Waals surface area contributed by atoms with Gasteiger partial charge in [-0.25, -0.2) is 9.97 Å². The highest BCUT2D eigenvalue weighted by molar-refractivity contribution is 8.00. The van der Waals surface area contributed by atoms with Gasteiger partial charge in [-0.3, -0.25) is 4.79 Å². The first kappa shape index (κ1) is 20.2. The van der Waals surface area contributed by atoms with Crippen molar-refractivity contribution in [3.63, 3.8) is 0 Å². The summed E-state index contributed by atoms with van der Waals surface area (Å²) in [6.07, 6.45) is 0. The molecule has 8 heteroatoms. The van der Waals surface area contributed by atoms with Crippen LogP contribution in [0.2, 0.25) is 0 Å². The number of nitrogens with one attached hydrogen (secondary N) is 1. The number of amides is 1. The Bertz CT molecular complexity index is 1180. The molecular formula is C22H19N3O3S2. The number of anilines is 1. The van der Waals surface area contributed by atoms with Crippen molar-refractivity contribution in [2.24, 2.45) is 0 Å². The summed E-state index contributed by atoms with van der Waals surface area (Å²) in [5, 5.41) is 6.60. The van der Waals surface area contributed by atoms with Gasteiger partial charge in [0.1, 0.15) is 5.03 Å². The van der Waals surface area contributed by atoms with Crippen molar-refractivity contribution in [3.8, 4) is 22.2 Å². The molecule has 0 radical (unpaired) electrons. The van der Waals surface area contributed by atoms with Gasteiger partial charge in [0.2, 0.25) is 5.91 Å². The second-order valence-electron chi connectivity index (χ2n) is 6.25. The molecular weight excluding hydrogens is 418 g/mol. The van der Waals surface area contributed by atoms with E-state index in [1.807, 2.05) is 41.8 Å². The third kappa shape index (κ3) is 4.39. The smallest absolute Gasteiger partial charge is 0.234 e. The maximum absolute atomic E-state index is 12.5. The van der Waals surface area contributed by atoms with Gasteiger partial charge < -0.3 is 14.8 Å².